The molecule has 1 aliphatic rings. The van der Waals surface area contributed by atoms with E-state index in [1.54, 1.807) is 11.3 Å². The molecule has 0 aromatic carbocycles. The van der Waals surface area contributed by atoms with Crippen LogP contribution in [-0.2, 0) is 4.79 Å². The molecule has 2 rings (SSSR count). The van der Waals surface area contributed by atoms with Crippen molar-refractivity contribution in [1.82, 2.24) is 9.88 Å². The van der Waals surface area contributed by atoms with Gasteiger partial charge >= 0.3 is 0 Å². The van der Waals surface area contributed by atoms with Gasteiger partial charge in [-0.25, -0.2) is 4.98 Å². The number of allylic oxidation sites excluding steroid dienone is 1. The van der Waals surface area contributed by atoms with E-state index in [-0.39, 0.29) is 5.91 Å². The number of amides is 1. The molecule has 1 aliphatic heterocycles. The van der Waals surface area contributed by atoms with E-state index in [9.17, 15) is 4.79 Å². The van der Waals surface area contributed by atoms with Gasteiger partial charge in [-0.3, -0.25) is 4.79 Å². The zero-order valence-corrected chi connectivity index (χ0v) is 11.7. The topological polar surface area (TPSA) is 36.4 Å². The summed E-state index contributed by atoms with van der Waals surface area (Å²) in [6.07, 6.45) is 4.73. The molecule has 0 bridgehead atoms. The van der Waals surface area contributed by atoms with E-state index in [0.717, 1.165) is 43.3 Å². The van der Waals surface area contributed by atoms with Crippen LogP contribution in [0.4, 0.5) is 5.13 Å². The van der Waals surface area contributed by atoms with Crippen molar-refractivity contribution in [3.63, 3.8) is 0 Å². The Bertz CT molecular complexity index is 419. The predicted molar refractivity (Wildman–Crippen MR) is 75.0 cm³/mol. The van der Waals surface area contributed by atoms with Gasteiger partial charge in [-0.05, 0) is 13.3 Å². The second kappa shape index (κ2) is 6.00. The molecule has 0 spiro atoms. The lowest BCUT2D eigenvalue weighted by atomic mass is 10.2. The first-order chi connectivity index (χ1) is 8.72. The fourth-order valence-electron chi connectivity index (χ4n) is 2.12. The van der Waals surface area contributed by atoms with Crippen LogP contribution in [0, 0.1) is 0 Å². The third kappa shape index (κ3) is 2.90. The summed E-state index contributed by atoms with van der Waals surface area (Å²) in [6.45, 7) is 7.27. The molecule has 0 saturated carbocycles. The maximum absolute atomic E-state index is 12.1. The van der Waals surface area contributed by atoms with E-state index in [2.05, 4.69) is 16.8 Å². The quantitative estimate of drug-likeness (QED) is 0.786. The number of nitrogens with zero attached hydrogens (tertiary/aromatic N) is 3. The van der Waals surface area contributed by atoms with Gasteiger partial charge in [0.1, 0.15) is 0 Å². The Morgan fingerprint density at radius 2 is 2.17 bits per heavy atom. The number of rotatable bonds is 3. The monoisotopic (exact) mass is 265 g/mol. The molecular weight excluding hydrogens is 246 g/mol. The Morgan fingerprint density at radius 3 is 2.72 bits per heavy atom. The molecule has 2 heterocycles. The lowest BCUT2D eigenvalue weighted by molar-refractivity contribution is -0.127. The van der Waals surface area contributed by atoms with Crippen molar-refractivity contribution >= 4 is 22.4 Å². The lowest BCUT2D eigenvalue weighted by Crippen LogP contribution is -2.49. The Morgan fingerprint density at radius 1 is 1.44 bits per heavy atom. The van der Waals surface area contributed by atoms with Crippen molar-refractivity contribution in [2.75, 3.05) is 31.1 Å². The van der Waals surface area contributed by atoms with Crippen LogP contribution in [0.25, 0.3) is 0 Å². The van der Waals surface area contributed by atoms with Gasteiger partial charge in [0.2, 0.25) is 5.91 Å². The summed E-state index contributed by atoms with van der Waals surface area (Å²) in [5.41, 5.74) is 0.861. The minimum absolute atomic E-state index is 0.177. The van der Waals surface area contributed by atoms with Gasteiger partial charge in [-0.15, -0.1) is 11.3 Å². The average Bonchev–Trinajstić information content (AvgIpc) is 2.92. The number of hydrogen-bond acceptors (Lipinski definition) is 4. The van der Waals surface area contributed by atoms with Gasteiger partial charge in [0.25, 0.3) is 0 Å². The second-order valence-electron chi connectivity index (χ2n) is 4.39. The fraction of sp³-hybridized carbons (Fsp3) is 0.538. The van der Waals surface area contributed by atoms with Crippen LogP contribution in [0.1, 0.15) is 20.3 Å². The summed E-state index contributed by atoms with van der Waals surface area (Å²) in [7, 11) is 0. The Hall–Kier alpha value is -1.36. The summed E-state index contributed by atoms with van der Waals surface area (Å²) in [5.74, 6) is 0.177. The molecule has 0 N–H and O–H groups in total. The fourth-order valence-corrected chi connectivity index (χ4v) is 2.81. The summed E-state index contributed by atoms with van der Waals surface area (Å²) in [4.78, 5) is 20.6. The van der Waals surface area contributed by atoms with Crippen molar-refractivity contribution in [2.45, 2.75) is 20.3 Å². The summed E-state index contributed by atoms with van der Waals surface area (Å²) >= 11 is 1.65. The van der Waals surface area contributed by atoms with Gasteiger partial charge in [0, 0.05) is 43.3 Å². The number of anilines is 1. The van der Waals surface area contributed by atoms with Crippen molar-refractivity contribution in [1.29, 1.82) is 0 Å². The summed E-state index contributed by atoms with van der Waals surface area (Å²) < 4.78 is 0. The molecule has 1 aromatic heterocycles. The number of thiazole rings is 1. The molecule has 0 unspecified atom stereocenters. The van der Waals surface area contributed by atoms with Gasteiger partial charge < -0.3 is 9.80 Å². The highest BCUT2D eigenvalue weighted by molar-refractivity contribution is 7.13. The molecule has 18 heavy (non-hydrogen) atoms. The molecule has 98 valence electrons. The van der Waals surface area contributed by atoms with Gasteiger partial charge in [0.05, 0.1) is 0 Å². The first-order valence-electron chi connectivity index (χ1n) is 6.33. The van der Waals surface area contributed by atoms with E-state index in [0.29, 0.717) is 0 Å². The van der Waals surface area contributed by atoms with Gasteiger partial charge in [-0.1, -0.05) is 13.0 Å². The zero-order chi connectivity index (χ0) is 13.0. The molecular formula is C13H19N3OS. The van der Waals surface area contributed by atoms with Crippen LogP contribution in [0.2, 0.25) is 0 Å². The van der Waals surface area contributed by atoms with Crippen molar-refractivity contribution in [3.8, 4) is 0 Å². The smallest absolute Gasteiger partial charge is 0.249 e. The highest BCUT2D eigenvalue weighted by Crippen LogP contribution is 2.19. The van der Waals surface area contributed by atoms with Crippen LogP contribution in [-0.4, -0.2) is 42.0 Å². The normalized spacial score (nSPS) is 17.1. The van der Waals surface area contributed by atoms with Crippen LogP contribution >= 0.6 is 11.3 Å². The predicted octanol–water partition coefficient (Wildman–Crippen LogP) is 2.15. The number of carbonyl (C=O) groups excluding carboxylic acids is 1. The second-order valence-corrected chi connectivity index (χ2v) is 5.26. The highest BCUT2D eigenvalue weighted by atomic mass is 32.1. The third-order valence-corrected chi connectivity index (χ3v) is 3.94. The molecule has 1 amide bonds. The van der Waals surface area contributed by atoms with Gasteiger partial charge in [-0.2, -0.15) is 0 Å². The van der Waals surface area contributed by atoms with E-state index in [1.165, 1.54) is 0 Å². The standard InChI is InChI=1S/C13H19N3OS/c1-3-4-11(2)12(17)15-6-8-16(9-7-15)13-14-5-10-18-13/h4-5,10H,3,6-9H2,1-2H3. The van der Waals surface area contributed by atoms with E-state index in [4.69, 9.17) is 0 Å². The maximum Gasteiger partial charge on any atom is 0.249 e. The lowest BCUT2D eigenvalue weighted by Gasteiger charge is -2.34. The SMILES string of the molecule is CCC=C(C)C(=O)N1CCN(c2nccs2)CC1. The van der Waals surface area contributed by atoms with Crippen LogP contribution in [0.5, 0.6) is 0 Å². The van der Waals surface area contributed by atoms with Crippen LogP contribution < -0.4 is 4.90 Å². The molecule has 0 atom stereocenters. The third-order valence-electron chi connectivity index (χ3n) is 3.10. The molecule has 5 heteroatoms. The summed E-state index contributed by atoms with van der Waals surface area (Å²) in [5, 5.41) is 3.05. The minimum Gasteiger partial charge on any atom is -0.345 e. The maximum atomic E-state index is 12.1. The first kappa shape index (κ1) is 13.1. The molecule has 4 nitrogen and oxygen atoms in total. The van der Waals surface area contributed by atoms with Crippen molar-refractivity contribution < 1.29 is 4.79 Å². The van der Waals surface area contributed by atoms with Crippen molar-refractivity contribution in [3.05, 3.63) is 23.2 Å². The van der Waals surface area contributed by atoms with Crippen molar-refractivity contribution in [2.24, 2.45) is 0 Å². The number of carbonyl (C=O) groups is 1. The average molecular weight is 265 g/mol. The minimum atomic E-state index is 0.177. The first-order valence-corrected chi connectivity index (χ1v) is 7.20. The Kier molecular flexibility index (Phi) is 4.36. The highest BCUT2D eigenvalue weighted by Gasteiger charge is 2.22. The van der Waals surface area contributed by atoms with E-state index in [1.807, 2.05) is 29.5 Å². The number of piperazine rings is 1. The molecule has 0 aliphatic carbocycles. The van der Waals surface area contributed by atoms with E-state index < -0.39 is 0 Å². The van der Waals surface area contributed by atoms with Crippen LogP contribution in [0.15, 0.2) is 23.2 Å². The Labute approximate surface area is 112 Å². The number of aromatic nitrogens is 1. The van der Waals surface area contributed by atoms with E-state index >= 15 is 0 Å². The molecule has 1 aromatic rings. The Balaban J connectivity index is 1.91. The van der Waals surface area contributed by atoms with Crippen LogP contribution in [0.3, 0.4) is 0 Å². The zero-order valence-electron chi connectivity index (χ0n) is 10.9. The molecule has 0 radical (unpaired) electrons. The molecule has 1 saturated heterocycles. The number of hydrogen-bond donors (Lipinski definition) is 0. The largest absolute Gasteiger partial charge is 0.345 e. The summed E-state index contributed by atoms with van der Waals surface area (Å²) in [6, 6.07) is 0. The van der Waals surface area contributed by atoms with Gasteiger partial charge in [0.15, 0.2) is 5.13 Å². The molecule has 1 fully saturated rings.